The summed E-state index contributed by atoms with van der Waals surface area (Å²) in [5, 5.41) is 17.2. The third-order valence-corrected chi connectivity index (χ3v) is 3.56. The number of rotatable bonds is 2. The summed E-state index contributed by atoms with van der Waals surface area (Å²) in [6.45, 7) is 1.80. The van der Waals surface area contributed by atoms with Crippen molar-refractivity contribution in [3.05, 3.63) is 45.8 Å². The summed E-state index contributed by atoms with van der Waals surface area (Å²) in [6, 6.07) is 7.06. The maximum atomic E-state index is 9.18. The Kier molecular flexibility index (Phi) is 3.37. The molecule has 3 rings (SSSR count). The zero-order valence-electron chi connectivity index (χ0n) is 10.8. The second-order valence-electron chi connectivity index (χ2n) is 4.27. The molecule has 1 N–H and O–H groups in total. The summed E-state index contributed by atoms with van der Waals surface area (Å²) in [6.07, 6.45) is 1.38. The topological polar surface area (TPSA) is 78.9 Å². The number of hydrogen-bond acceptors (Lipinski definition) is 5. The molecule has 0 unspecified atom stereocenters. The Hall–Kier alpha value is -2.36. The Morgan fingerprint density at radius 3 is 2.90 bits per heavy atom. The first-order chi connectivity index (χ1) is 10.1. The first-order valence-electron chi connectivity index (χ1n) is 5.92. The Bertz CT molecular complexity index is 880. The molecule has 0 bridgehead atoms. The van der Waals surface area contributed by atoms with Gasteiger partial charge in [-0.05, 0) is 25.1 Å². The second-order valence-corrected chi connectivity index (χ2v) is 5.07. The number of halogens is 2. The molecule has 2 heterocycles. The van der Waals surface area contributed by atoms with Crippen LogP contribution in [0.15, 0.2) is 24.5 Å². The van der Waals surface area contributed by atoms with Gasteiger partial charge in [0.1, 0.15) is 23.4 Å². The predicted molar refractivity (Wildman–Crippen MR) is 80.0 cm³/mol. The molecule has 0 saturated carbocycles. The Morgan fingerprint density at radius 1 is 1.33 bits per heavy atom. The molecule has 0 spiro atoms. The van der Waals surface area contributed by atoms with Crippen molar-refractivity contribution in [3.63, 3.8) is 0 Å². The minimum atomic E-state index is 0.318. The molecule has 0 aliphatic carbocycles. The first kappa shape index (κ1) is 13.6. The maximum Gasteiger partial charge on any atom is 0.255 e. The molecule has 0 radical (unpaired) electrons. The number of benzene rings is 1. The lowest BCUT2D eigenvalue weighted by Crippen LogP contribution is -2.06. The lowest BCUT2D eigenvalue weighted by atomic mass is 10.2. The fraction of sp³-hybridized carbons (Fsp3) is 0.0769. The Balaban J connectivity index is 2.19. The third-order valence-electron chi connectivity index (χ3n) is 2.96. The van der Waals surface area contributed by atoms with E-state index in [-0.39, 0.29) is 0 Å². The number of anilines is 2. The van der Waals surface area contributed by atoms with Crippen molar-refractivity contribution in [2.45, 2.75) is 6.92 Å². The van der Waals surface area contributed by atoms with Gasteiger partial charge < -0.3 is 5.32 Å². The summed E-state index contributed by atoms with van der Waals surface area (Å²) in [7, 11) is 0. The van der Waals surface area contributed by atoms with Gasteiger partial charge in [-0.25, -0.2) is 0 Å². The highest BCUT2D eigenvalue weighted by molar-refractivity contribution is 6.31. The molecule has 1 aromatic carbocycles. The molecule has 0 aliphatic rings. The summed E-state index contributed by atoms with van der Waals surface area (Å²) >= 11 is 12.1. The van der Waals surface area contributed by atoms with E-state index in [4.69, 9.17) is 23.2 Å². The van der Waals surface area contributed by atoms with Crippen LogP contribution in [-0.4, -0.2) is 19.6 Å². The van der Waals surface area contributed by atoms with Crippen molar-refractivity contribution in [1.29, 1.82) is 5.26 Å². The van der Waals surface area contributed by atoms with Gasteiger partial charge in [0.05, 0.1) is 11.3 Å². The van der Waals surface area contributed by atoms with Crippen LogP contribution in [0.4, 0.5) is 11.5 Å². The average molecular weight is 319 g/mol. The Morgan fingerprint density at radius 2 is 2.14 bits per heavy atom. The van der Waals surface area contributed by atoms with E-state index in [1.165, 1.54) is 10.8 Å². The van der Waals surface area contributed by atoms with Gasteiger partial charge in [-0.15, -0.1) is 0 Å². The van der Waals surface area contributed by atoms with Crippen molar-refractivity contribution in [2.24, 2.45) is 0 Å². The predicted octanol–water partition coefficient (Wildman–Crippen LogP) is 3.35. The van der Waals surface area contributed by atoms with E-state index in [0.717, 1.165) is 0 Å². The highest BCUT2D eigenvalue weighted by Gasteiger charge is 2.14. The number of nitrogens with one attached hydrogen (secondary N) is 1. The van der Waals surface area contributed by atoms with Gasteiger partial charge in [0.15, 0.2) is 0 Å². The van der Waals surface area contributed by atoms with Crippen molar-refractivity contribution >= 4 is 40.5 Å². The van der Waals surface area contributed by atoms with Crippen LogP contribution >= 0.6 is 23.2 Å². The molecule has 3 aromatic rings. The minimum Gasteiger partial charge on any atom is -0.339 e. The van der Waals surface area contributed by atoms with Crippen molar-refractivity contribution in [3.8, 4) is 6.07 Å². The van der Waals surface area contributed by atoms with Crippen LogP contribution in [0.25, 0.3) is 5.78 Å². The highest BCUT2D eigenvalue weighted by atomic mass is 35.5. The largest absolute Gasteiger partial charge is 0.339 e. The average Bonchev–Trinajstić information content (AvgIpc) is 2.92. The fourth-order valence-electron chi connectivity index (χ4n) is 1.89. The normalized spacial score (nSPS) is 10.6. The van der Waals surface area contributed by atoms with E-state index in [9.17, 15) is 5.26 Å². The van der Waals surface area contributed by atoms with Crippen LogP contribution in [0.3, 0.4) is 0 Å². The van der Waals surface area contributed by atoms with Crippen molar-refractivity contribution in [2.75, 3.05) is 5.32 Å². The summed E-state index contributed by atoms with van der Waals surface area (Å²) in [5.41, 5.74) is 1.71. The second kappa shape index (κ2) is 5.20. The van der Waals surface area contributed by atoms with Gasteiger partial charge >= 0.3 is 0 Å². The first-order valence-corrected chi connectivity index (χ1v) is 6.68. The molecule has 0 atom stereocenters. The molecule has 8 heteroatoms. The molecule has 0 saturated heterocycles. The molecular weight excluding hydrogens is 311 g/mol. The zero-order valence-corrected chi connectivity index (χ0v) is 12.3. The van der Waals surface area contributed by atoms with E-state index in [1.54, 1.807) is 25.1 Å². The zero-order chi connectivity index (χ0) is 15.0. The van der Waals surface area contributed by atoms with Crippen LogP contribution in [-0.2, 0) is 0 Å². The van der Waals surface area contributed by atoms with E-state index in [2.05, 4.69) is 26.5 Å². The summed E-state index contributed by atoms with van der Waals surface area (Å²) in [4.78, 5) is 8.13. The molecule has 2 aromatic heterocycles. The van der Waals surface area contributed by atoms with Gasteiger partial charge in [-0.2, -0.15) is 24.8 Å². The van der Waals surface area contributed by atoms with Crippen molar-refractivity contribution < 1.29 is 0 Å². The van der Waals surface area contributed by atoms with Crippen LogP contribution in [0.5, 0.6) is 0 Å². The quantitative estimate of drug-likeness (QED) is 0.733. The number of nitriles is 1. The molecule has 0 amide bonds. The van der Waals surface area contributed by atoms with Crippen LogP contribution < -0.4 is 5.32 Å². The van der Waals surface area contributed by atoms with Gasteiger partial charge in [0, 0.05) is 10.6 Å². The van der Waals surface area contributed by atoms with Gasteiger partial charge in [-0.3, -0.25) is 0 Å². The SMILES string of the molecule is Cc1c(Cl)nc2ncnn2c1Nc1cc(Cl)ccc1C#N. The lowest BCUT2D eigenvalue weighted by Gasteiger charge is -2.13. The van der Waals surface area contributed by atoms with Crippen LogP contribution in [0.2, 0.25) is 10.2 Å². The molecule has 21 heavy (non-hydrogen) atoms. The molecule has 104 valence electrons. The number of hydrogen-bond donors (Lipinski definition) is 1. The Labute approximate surface area is 130 Å². The van der Waals surface area contributed by atoms with Crippen molar-refractivity contribution in [1.82, 2.24) is 19.6 Å². The van der Waals surface area contributed by atoms with E-state index < -0.39 is 0 Å². The van der Waals surface area contributed by atoms with E-state index >= 15 is 0 Å². The smallest absolute Gasteiger partial charge is 0.255 e. The van der Waals surface area contributed by atoms with E-state index in [0.29, 0.717) is 38.6 Å². The number of fused-ring (bicyclic) bond motifs is 1. The van der Waals surface area contributed by atoms with Gasteiger partial charge in [-0.1, -0.05) is 23.2 Å². The molecular formula is C13H8Cl2N6. The molecule has 0 fully saturated rings. The molecule has 0 aliphatic heterocycles. The monoisotopic (exact) mass is 318 g/mol. The maximum absolute atomic E-state index is 9.18. The highest BCUT2D eigenvalue weighted by Crippen LogP contribution is 2.28. The number of nitrogens with zero attached hydrogens (tertiary/aromatic N) is 5. The lowest BCUT2D eigenvalue weighted by molar-refractivity contribution is 0.936. The van der Waals surface area contributed by atoms with E-state index in [1.807, 2.05) is 0 Å². The van der Waals surface area contributed by atoms with Gasteiger partial charge in [0.2, 0.25) is 0 Å². The fourth-order valence-corrected chi connectivity index (χ4v) is 2.23. The minimum absolute atomic E-state index is 0.318. The number of aromatic nitrogens is 4. The van der Waals surface area contributed by atoms with Crippen LogP contribution in [0.1, 0.15) is 11.1 Å². The summed E-state index contributed by atoms with van der Waals surface area (Å²) < 4.78 is 1.52. The van der Waals surface area contributed by atoms with Gasteiger partial charge in [0.25, 0.3) is 5.78 Å². The summed E-state index contributed by atoms with van der Waals surface area (Å²) in [5.74, 6) is 0.954. The molecule has 6 nitrogen and oxygen atoms in total. The standard InChI is InChI=1S/C13H8Cl2N6/c1-7-11(15)20-13-17-6-18-21(13)12(7)19-10-4-9(14)3-2-8(10)5-16/h2-4,6,19H,1H3. The third kappa shape index (κ3) is 2.37. The van der Waals surface area contributed by atoms with Crippen LogP contribution in [0, 0.1) is 18.3 Å².